The van der Waals surface area contributed by atoms with Crippen LogP contribution in [-0.4, -0.2) is 10.9 Å². The third-order valence-corrected chi connectivity index (χ3v) is 3.68. The molecular formula is C18H16N2O2. The van der Waals surface area contributed by atoms with Crippen LogP contribution in [0.1, 0.15) is 28.9 Å². The van der Waals surface area contributed by atoms with Gasteiger partial charge in [0.15, 0.2) is 0 Å². The minimum absolute atomic E-state index is 0.126. The zero-order valence-electron chi connectivity index (χ0n) is 12.2. The molecule has 0 aliphatic rings. The molecule has 4 heteroatoms. The normalized spacial score (nSPS) is 12.0. The lowest BCUT2D eigenvalue weighted by Crippen LogP contribution is -2.31. The van der Waals surface area contributed by atoms with Gasteiger partial charge in [-0.2, -0.15) is 0 Å². The van der Waals surface area contributed by atoms with Crippen LogP contribution in [0.15, 0.2) is 65.6 Å². The van der Waals surface area contributed by atoms with Crippen LogP contribution in [-0.2, 0) is 0 Å². The molecule has 2 N–H and O–H groups in total. The van der Waals surface area contributed by atoms with Crippen molar-refractivity contribution in [3.05, 3.63) is 82.1 Å². The van der Waals surface area contributed by atoms with Gasteiger partial charge >= 0.3 is 0 Å². The number of pyridine rings is 1. The van der Waals surface area contributed by atoms with E-state index < -0.39 is 0 Å². The van der Waals surface area contributed by atoms with Crippen LogP contribution in [0.25, 0.3) is 10.9 Å². The minimum atomic E-state index is -0.372. The molecule has 0 radical (unpaired) electrons. The van der Waals surface area contributed by atoms with Crippen LogP contribution >= 0.6 is 0 Å². The third-order valence-electron chi connectivity index (χ3n) is 3.68. The van der Waals surface area contributed by atoms with Gasteiger partial charge in [0.2, 0.25) is 5.43 Å². The first kappa shape index (κ1) is 14.1. The SMILES string of the molecule is C[C@H](NC(=O)c1c[nH]c2ccccc2c1=O)c1ccccc1. The topological polar surface area (TPSA) is 62.0 Å². The molecule has 0 aliphatic heterocycles. The van der Waals surface area contributed by atoms with Gasteiger partial charge < -0.3 is 10.3 Å². The zero-order valence-corrected chi connectivity index (χ0v) is 12.2. The molecule has 4 nitrogen and oxygen atoms in total. The summed E-state index contributed by atoms with van der Waals surface area (Å²) < 4.78 is 0. The number of amides is 1. The molecule has 3 aromatic rings. The number of aromatic nitrogens is 1. The summed E-state index contributed by atoms with van der Waals surface area (Å²) in [6, 6.07) is 16.6. The van der Waals surface area contributed by atoms with E-state index in [1.165, 1.54) is 6.20 Å². The van der Waals surface area contributed by atoms with E-state index in [2.05, 4.69) is 10.3 Å². The van der Waals surface area contributed by atoms with E-state index in [9.17, 15) is 9.59 Å². The second-order valence-electron chi connectivity index (χ2n) is 5.18. The number of hydrogen-bond acceptors (Lipinski definition) is 2. The number of carbonyl (C=O) groups is 1. The number of aromatic amines is 1. The molecule has 1 heterocycles. The second-order valence-corrected chi connectivity index (χ2v) is 5.18. The Bertz CT molecular complexity index is 869. The molecule has 1 atom stereocenters. The molecule has 0 saturated heterocycles. The van der Waals surface area contributed by atoms with Gasteiger partial charge in [-0.25, -0.2) is 0 Å². The van der Waals surface area contributed by atoms with Crippen molar-refractivity contribution in [2.75, 3.05) is 0 Å². The molecular weight excluding hydrogens is 276 g/mol. The maximum atomic E-state index is 12.4. The summed E-state index contributed by atoms with van der Waals surface area (Å²) >= 11 is 0. The van der Waals surface area contributed by atoms with Crippen LogP contribution in [0.4, 0.5) is 0 Å². The zero-order chi connectivity index (χ0) is 15.5. The van der Waals surface area contributed by atoms with Crippen molar-refractivity contribution < 1.29 is 4.79 Å². The van der Waals surface area contributed by atoms with Gasteiger partial charge in [0.05, 0.1) is 6.04 Å². The van der Waals surface area contributed by atoms with E-state index in [0.717, 1.165) is 11.1 Å². The van der Waals surface area contributed by atoms with E-state index in [1.54, 1.807) is 12.1 Å². The van der Waals surface area contributed by atoms with Gasteiger partial charge in [0.25, 0.3) is 5.91 Å². The number of hydrogen-bond donors (Lipinski definition) is 2. The number of fused-ring (bicyclic) bond motifs is 1. The van der Waals surface area contributed by atoms with Crippen molar-refractivity contribution in [1.82, 2.24) is 10.3 Å². The number of H-pyrrole nitrogens is 1. The molecule has 0 bridgehead atoms. The van der Waals surface area contributed by atoms with Crippen molar-refractivity contribution in [2.45, 2.75) is 13.0 Å². The minimum Gasteiger partial charge on any atom is -0.360 e. The Hall–Kier alpha value is -2.88. The van der Waals surface area contributed by atoms with Gasteiger partial charge in [-0.05, 0) is 24.6 Å². The van der Waals surface area contributed by atoms with Gasteiger partial charge in [-0.1, -0.05) is 42.5 Å². The number of para-hydroxylation sites is 1. The molecule has 0 unspecified atom stereocenters. The quantitative estimate of drug-likeness (QED) is 0.779. The van der Waals surface area contributed by atoms with Crippen LogP contribution in [0, 0.1) is 0 Å². The van der Waals surface area contributed by atoms with Crippen molar-refractivity contribution in [3.63, 3.8) is 0 Å². The Morgan fingerprint density at radius 1 is 1.05 bits per heavy atom. The van der Waals surface area contributed by atoms with E-state index in [-0.39, 0.29) is 22.9 Å². The standard InChI is InChI=1S/C18H16N2O2/c1-12(13-7-3-2-4-8-13)20-18(22)15-11-19-16-10-6-5-9-14(16)17(15)21/h2-12H,1H3,(H,19,21)(H,20,22)/t12-/m0/s1. The van der Waals surface area contributed by atoms with Crippen LogP contribution < -0.4 is 10.7 Å². The first-order chi connectivity index (χ1) is 10.7. The maximum absolute atomic E-state index is 12.4. The summed E-state index contributed by atoms with van der Waals surface area (Å²) in [6.07, 6.45) is 1.47. The fourth-order valence-corrected chi connectivity index (χ4v) is 2.44. The van der Waals surface area contributed by atoms with Crippen LogP contribution in [0.3, 0.4) is 0 Å². The lowest BCUT2D eigenvalue weighted by atomic mass is 10.1. The number of rotatable bonds is 3. The van der Waals surface area contributed by atoms with E-state index >= 15 is 0 Å². The molecule has 22 heavy (non-hydrogen) atoms. The van der Waals surface area contributed by atoms with Gasteiger partial charge in [0, 0.05) is 17.1 Å². The van der Waals surface area contributed by atoms with Crippen molar-refractivity contribution >= 4 is 16.8 Å². The lowest BCUT2D eigenvalue weighted by molar-refractivity contribution is 0.0938. The van der Waals surface area contributed by atoms with Crippen molar-refractivity contribution in [2.24, 2.45) is 0 Å². The summed E-state index contributed by atoms with van der Waals surface area (Å²) in [5, 5.41) is 3.38. The first-order valence-corrected chi connectivity index (χ1v) is 7.13. The molecule has 1 aromatic heterocycles. The summed E-state index contributed by atoms with van der Waals surface area (Å²) in [6.45, 7) is 1.89. The van der Waals surface area contributed by atoms with Crippen molar-refractivity contribution in [1.29, 1.82) is 0 Å². The first-order valence-electron chi connectivity index (χ1n) is 7.13. The summed E-state index contributed by atoms with van der Waals surface area (Å²) in [7, 11) is 0. The van der Waals surface area contributed by atoms with Crippen molar-refractivity contribution in [3.8, 4) is 0 Å². The number of carbonyl (C=O) groups excluding carboxylic acids is 1. The smallest absolute Gasteiger partial charge is 0.257 e. The fraction of sp³-hybridized carbons (Fsp3) is 0.111. The highest BCUT2D eigenvalue weighted by atomic mass is 16.2. The Kier molecular flexibility index (Phi) is 3.74. The van der Waals surface area contributed by atoms with Crippen LogP contribution in [0.2, 0.25) is 0 Å². The predicted octanol–water partition coefficient (Wildman–Crippen LogP) is 3.02. The molecule has 1 amide bonds. The van der Waals surface area contributed by atoms with Crippen LogP contribution in [0.5, 0.6) is 0 Å². The van der Waals surface area contributed by atoms with Gasteiger partial charge in [-0.15, -0.1) is 0 Å². The Labute approximate surface area is 127 Å². The molecule has 2 aromatic carbocycles. The molecule has 0 fully saturated rings. The van der Waals surface area contributed by atoms with Gasteiger partial charge in [0.1, 0.15) is 5.56 Å². The summed E-state index contributed by atoms with van der Waals surface area (Å²) in [5.41, 5.74) is 1.59. The maximum Gasteiger partial charge on any atom is 0.257 e. The highest BCUT2D eigenvalue weighted by Crippen LogP contribution is 2.12. The highest BCUT2D eigenvalue weighted by Gasteiger charge is 2.15. The second kappa shape index (κ2) is 5.85. The third kappa shape index (κ3) is 2.63. The van der Waals surface area contributed by atoms with Gasteiger partial charge in [-0.3, -0.25) is 9.59 Å². The summed E-state index contributed by atoms with van der Waals surface area (Å²) in [5.74, 6) is -0.372. The predicted molar refractivity (Wildman–Crippen MR) is 86.9 cm³/mol. The Morgan fingerprint density at radius 3 is 2.50 bits per heavy atom. The molecule has 0 saturated carbocycles. The molecule has 0 spiro atoms. The average Bonchev–Trinajstić information content (AvgIpc) is 2.56. The summed E-state index contributed by atoms with van der Waals surface area (Å²) in [4.78, 5) is 27.8. The Morgan fingerprint density at radius 2 is 1.73 bits per heavy atom. The highest BCUT2D eigenvalue weighted by molar-refractivity contribution is 5.97. The fourth-order valence-electron chi connectivity index (χ4n) is 2.44. The largest absolute Gasteiger partial charge is 0.360 e. The molecule has 0 aliphatic carbocycles. The molecule has 3 rings (SSSR count). The average molecular weight is 292 g/mol. The lowest BCUT2D eigenvalue weighted by Gasteiger charge is -2.14. The molecule has 110 valence electrons. The number of benzene rings is 2. The number of nitrogens with one attached hydrogen (secondary N) is 2. The van der Waals surface area contributed by atoms with E-state index in [1.807, 2.05) is 49.4 Å². The Balaban J connectivity index is 1.90. The monoisotopic (exact) mass is 292 g/mol. The van der Waals surface area contributed by atoms with E-state index in [0.29, 0.717) is 5.39 Å². The van der Waals surface area contributed by atoms with E-state index in [4.69, 9.17) is 0 Å².